The maximum Gasteiger partial charge on any atom is 0.222 e. The number of para-hydroxylation sites is 1. The molecule has 28 heavy (non-hydrogen) atoms. The maximum absolute atomic E-state index is 5.84. The smallest absolute Gasteiger partial charge is 0.222 e. The van der Waals surface area contributed by atoms with Crippen LogP contribution in [0.2, 0.25) is 5.02 Å². The summed E-state index contributed by atoms with van der Waals surface area (Å²) in [6.45, 7) is 5.05. The van der Waals surface area contributed by atoms with Crippen LogP contribution in [0.1, 0.15) is 12.8 Å². The van der Waals surface area contributed by atoms with E-state index in [1.54, 1.807) is 12.4 Å². The first-order valence-electron chi connectivity index (χ1n) is 9.81. The number of piperidine rings is 1. The number of anilines is 2. The normalized spacial score (nSPS) is 23.0. The Morgan fingerprint density at radius 2 is 1.96 bits per heavy atom. The monoisotopic (exact) mass is 398 g/mol. The van der Waals surface area contributed by atoms with Crippen LogP contribution in [0.15, 0.2) is 41.2 Å². The molecule has 2 aromatic heterocycles. The van der Waals surface area contributed by atoms with E-state index in [1.807, 2.05) is 18.2 Å². The van der Waals surface area contributed by atoms with Crippen molar-refractivity contribution in [2.75, 3.05) is 42.9 Å². The number of halogens is 1. The number of benzene rings is 1. The van der Waals surface area contributed by atoms with Gasteiger partial charge in [-0.3, -0.25) is 4.90 Å². The van der Waals surface area contributed by atoms with Crippen LogP contribution in [0.25, 0.3) is 11.0 Å². The summed E-state index contributed by atoms with van der Waals surface area (Å²) in [4.78, 5) is 13.4. The molecule has 0 bridgehead atoms. The summed E-state index contributed by atoms with van der Waals surface area (Å²) < 4.78 is 5.50. The Kier molecular flexibility index (Phi) is 4.78. The first kappa shape index (κ1) is 17.7. The second-order valence-corrected chi connectivity index (χ2v) is 8.08. The Labute approximate surface area is 168 Å². The van der Waals surface area contributed by atoms with Crippen molar-refractivity contribution >= 4 is 34.3 Å². The van der Waals surface area contributed by atoms with Gasteiger partial charge in [0, 0.05) is 38.8 Å². The SMILES string of the molecule is Clc1cnc(NCC2CCC3CN(c4noc5ccccc45)CCN3C2)nc1. The van der Waals surface area contributed by atoms with E-state index < -0.39 is 0 Å². The molecule has 2 saturated heterocycles. The van der Waals surface area contributed by atoms with Gasteiger partial charge in [0.15, 0.2) is 11.4 Å². The third-order valence-corrected chi connectivity index (χ3v) is 6.03. The molecule has 0 aliphatic carbocycles. The van der Waals surface area contributed by atoms with Crippen molar-refractivity contribution in [2.45, 2.75) is 18.9 Å². The number of hydrogen-bond donors (Lipinski definition) is 1. The second kappa shape index (κ2) is 7.56. The van der Waals surface area contributed by atoms with Gasteiger partial charge in [-0.1, -0.05) is 28.9 Å². The van der Waals surface area contributed by atoms with Gasteiger partial charge in [0.25, 0.3) is 0 Å². The molecule has 146 valence electrons. The minimum atomic E-state index is 0.559. The summed E-state index contributed by atoms with van der Waals surface area (Å²) in [5, 5.41) is 9.36. The predicted molar refractivity (Wildman–Crippen MR) is 110 cm³/mol. The lowest BCUT2D eigenvalue weighted by atomic mass is 9.91. The molecule has 1 N–H and O–H groups in total. The number of aromatic nitrogens is 3. The van der Waals surface area contributed by atoms with Crippen LogP contribution < -0.4 is 10.2 Å². The zero-order valence-corrected chi connectivity index (χ0v) is 16.3. The second-order valence-electron chi connectivity index (χ2n) is 7.65. The third-order valence-electron chi connectivity index (χ3n) is 5.83. The van der Waals surface area contributed by atoms with E-state index in [4.69, 9.17) is 16.1 Å². The predicted octanol–water partition coefficient (Wildman–Crippen LogP) is 3.28. The van der Waals surface area contributed by atoms with Crippen LogP contribution in [0.5, 0.6) is 0 Å². The van der Waals surface area contributed by atoms with Gasteiger partial charge in [-0.25, -0.2) is 9.97 Å². The molecule has 5 rings (SSSR count). The van der Waals surface area contributed by atoms with Gasteiger partial charge in [0.2, 0.25) is 5.95 Å². The maximum atomic E-state index is 5.84. The van der Waals surface area contributed by atoms with E-state index in [2.05, 4.69) is 36.3 Å². The Balaban J connectivity index is 1.19. The molecule has 2 aliphatic heterocycles. The topological polar surface area (TPSA) is 70.3 Å². The number of rotatable bonds is 4. The van der Waals surface area contributed by atoms with Gasteiger partial charge in [-0.15, -0.1) is 0 Å². The summed E-state index contributed by atoms with van der Waals surface area (Å²) >= 11 is 5.84. The van der Waals surface area contributed by atoms with Gasteiger partial charge in [-0.05, 0) is 30.9 Å². The van der Waals surface area contributed by atoms with E-state index >= 15 is 0 Å². The number of hydrogen-bond acceptors (Lipinski definition) is 7. The van der Waals surface area contributed by atoms with Crippen LogP contribution in [0, 0.1) is 5.92 Å². The van der Waals surface area contributed by atoms with Crippen molar-refractivity contribution in [3.05, 3.63) is 41.7 Å². The minimum Gasteiger partial charge on any atom is -0.354 e. The van der Waals surface area contributed by atoms with Crippen molar-refractivity contribution in [3.63, 3.8) is 0 Å². The van der Waals surface area contributed by atoms with Gasteiger partial charge >= 0.3 is 0 Å². The van der Waals surface area contributed by atoms with Crippen LogP contribution in [-0.4, -0.2) is 58.8 Å². The highest BCUT2D eigenvalue weighted by molar-refractivity contribution is 6.30. The van der Waals surface area contributed by atoms with Crippen molar-refractivity contribution in [1.29, 1.82) is 0 Å². The Morgan fingerprint density at radius 1 is 1.11 bits per heavy atom. The number of nitrogens with zero attached hydrogens (tertiary/aromatic N) is 5. The highest BCUT2D eigenvalue weighted by Gasteiger charge is 2.34. The molecule has 4 heterocycles. The van der Waals surface area contributed by atoms with Crippen molar-refractivity contribution in [2.24, 2.45) is 5.92 Å². The molecule has 2 atom stereocenters. The number of fused-ring (bicyclic) bond motifs is 2. The lowest BCUT2D eigenvalue weighted by molar-refractivity contribution is 0.0994. The van der Waals surface area contributed by atoms with Crippen molar-refractivity contribution in [3.8, 4) is 0 Å². The summed E-state index contributed by atoms with van der Waals surface area (Å²) in [5.74, 6) is 2.24. The average molecular weight is 399 g/mol. The lowest BCUT2D eigenvalue weighted by Gasteiger charge is -2.46. The van der Waals surface area contributed by atoms with Crippen molar-refractivity contribution in [1.82, 2.24) is 20.0 Å². The summed E-state index contributed by atoms with van der Waals surface area (Å²) in [7, 11) is 0. The Bertz CT molecular complexity index is 945. The highest BCUT2D eigenvalue weighted by atomic mass is 35.5. The molecule has 1 aromatic carbocycles. The molecule has 2 fully saturated rings. The number of piperazine rings is 1. The molecule has 0 radical (unpaired) electrons. The summed E-state index contributed by atoms with van der Waals surface area (Å²) in [6, 6.07) is 8.67. The highest BCUT2D eigenvalue weighted by Crippen LogP contribution is 2.31. The largest absolute Gasteiger partial charge is 0.354 e. The molecule has 3 aromatic rings. The molecule has 7 nitrogen and oxygen atoms in total. The molecular weight excluding hydrogens is 376 g/mol. The lowest BCUT2D eigenvalue weighted by Crippen LogP contribution is -2.57. The van der Waals surface area contributed by atoms with Crippen molar-refractivity contribution < 1.29 is 4.52 Å². The van der Waals surface area contributed by atoms with Crippen LogP contribution in [0.3, 0.4) is 0 Å². The fourth-order valence-electron chi connectivity index (χ4n) is 4.36. The van der Waals surface area contributed by atoms with Gasteiger partial charge in [0.05, 0.1) is 22.8 Å². The van der Waals surface area contributed by atoms with Crippen LogP contribution in [-0.2, 0) is 0 Å². The van der Waals surface area contributed by atoms with E-state index in [-0.39, 0.29) is 0 Å². The molecule has 2 aliphatic rings. The van der Waals surface area contributed by atoms with Gasteiger partial charge < -0.3 is 14.7 Å². The first-order chi connectivity index (χ1) is 13.8. The van der Waals surface area contributed by atoms with Crippen LogP contribution >= 0.6 is 11.6 Å². The molecule has 8 heteroatoms. The minimum absolute atomic E-state index is 0.559. The molecule has 0 saturated carbocycles. The van der Waals surface area contributed by atoms with E-state index in [0.717, 1.165) is 49.5 Å². The Hall–Kier alpha value is -2.38. The van der Waals surface area contributed by atoms with E-state index in [0.29, 0.717) is 22.9 Å². The quantitative estimate of drug-likeness (QED) is 0.723. The zero-order chi connectivity index (χ0) is 18.9. The number of nitrogens with one attached hydrogen (secondary N) is 1. The molecular formula is C20H23ClN6O. The summed E-state index contributed by atoms with van der Waals surface area (Å²) in [5.41, 5.74) is 0.860. The van der Waals surface area contributed by atoms with E-state index in [9.17, 15) is 0 Å². The van der Waals surface area contributed by atoms with Crippen LogP contribution in [0.4, 0.5) is 11.8 Å². The summed E-state index contributed by atoms with van der Waals surface area (Å²) in [6.07, 6.45) is 5.65. The average Bonchev–Trinajstić information content (AvgIpc) is 3.17. The molecule has 2 unspecified atom stereocenters. The Morgan fingerprint density at radius 3 is 2.86 bits per heavy atom. The van der Waals surface area contributed by atoms with E-state index in [1.165, 1.54) is 12.8 Å². The third kappa shape index (κ3) is 3.52. The molecule has 0 amide bonds. The molecule has 0 spiro atoms. The fourth-order valence-corrected chi connectivity index (χ4v) is 4.45. The standard InChI is InChI=1S/C20H23ClN6O/c21-15-10-23-20(24-11-15)22-9-14-5-6-16-13-27(8-7-26(16)12-14)19-17-3-1-2-4-18(17)28-25-19/h1-4,10-11,14,16H,5-9,12-13H2,(H,22,23,24). The fraction of sp³-hybridized carbons (Fsp3) is 0.450. The van der Waals surface area contributed by atoms with Gasteiger partial charge in [0.1, 0.15) is 0 Å². The first-order valence-corrected chi connectivity index (χ1v) is 10.2. The zero-order valence-electron chi connectivity index (χ0n) is 15.6. The van der Waals surface area contributed by atoms with Gasteiger partial charge in [-0.2, -0.15) is 0 Å².